The van der Waals surface area contributed by atoms with Gasteiger partial charge < -0.3 is 10.6 Å². The second kappa shape index (κ2) is 11.8. The SMILES string of the molecule is CN=C(NCCS(=O)Cc1ccccc1)NC1CCN(Cc2ccc(F)cc2)CC1. The molecule has 1 fully saturated rings. The number of benzene rings is 2. The van der Waals surface area contributed by atoms with Crippen molar-refractivity contribution in [1.29, 1.82) is 0 Å². The Hall–Kier alpha value is -2.25. The highest BCUT2D eigenvalue weighted by Gasteiger charge is 2.20. The van der Waals surface area contributed by atoms with Crippen LogP contribution in [0.15, 0.2) is 59.6 Å². The van der Waals surface area contributed by atoms with Crippen LogP contribution >= 0.6 is 0 Å². The molecule has 0 aromatic heterocycles. The van der Waals surface area contributed by atoms with Gasteiger partial charge in [-0.05, 0) is 36.1 Å². The van der Waals surface area contributed by atoms with Crippen LogP contribution in [-0.4, -0.2) is 53.5 Å². The van der Waals surface area contributed by atoms with Gasteiger partial charge in [0.2, 0.25) is 0 Å². The van der Waals surface area contributed by atoms with E-state index in [9.17, 15) is 8.60 Å². The lowest BCUT2D eigenvalue weighted by Gasteiger charge is -2.33. The predicted molar refractivity (Wildman–Crippen MR) is 122 cm³/mol. The van der Waals surface area contributed by atoms with E-state index in [-0.39, 0.29) is 5.82 Å². The molecule has 162 valence electrons. The fourth-order valence-corrected chi connectivity index (χ4v) is 4.63. The van der Waals surface area contributed by atoms with E-state index in [2.05, 4.69) is 20.5 Å². The highest BCUT2D eigenvalue weighted by molar-refractivity contribution is 7.84. The topological polar surface area (TPSA) is 56.7 Å². The predicted octanol–water partition coefficient (Wildman–Crippen LogP) is 2.90. The van der Waals surface area contributed by atoms with Gasteiger partial charge in [-0.25, -0.2) is 4.39 Å². The molecule has 7 heteroatoms. The second-order valence-electron chi connectivity index (χ2n) is 7.59. The van der Waals surface area contributed by atoms with E-state index < -0.39 is 10.8 Å². The van der Waals surface area contributed by atoms with Crippen molar-refractivity contribution in [2.24, 2.45) is 4.99 Å². The zero-order valence-corrected chi connectivity index (χ0v) is 18.3. The highest BCUT2D eigenvalue weighted by atomic mass is 32.2. The zero-order chi connectivity index (χ0) is 21.2. The molecule has 1 saturated heterocycles. The molecular formula is C23H31FN4OS. The molecule has 1 aliphatic heterocycles. The zero-order valence-electron chi connectivity index (χ0n) is 17.5. The van der Waals surface area contributed by atoms with E-state index in [0.29, 0.717) is 24.1 Å². The van der Waals surface area contributed by atoms with Crippen LogP contribution in [0.25, 0.3) is 0 Å². The molecule has 1 unspecified atom stereocenters. The van der Waals surface area contributed by atoms with Crippen molar-refractivity contribution in [3.63, 3.8) is 0 Å². The molecule has 5 nitrogen and oxygen atoms in total. The minimum Gasteiger partial charge on any atom is -0.355 e. The van der Waals surface area contributed by atoms with Crippen LogP contribution in [0.5, 0.6) is 0 Å². The summed E-state index contributed by atoms with van der Waals surface area (Å²) in [4.78, 5) is 6.70. The molecular weight excluding hydrogens is 399 g/mol. The summed E-state index contributed by atoms with van der Waals surface area (Å²) < 4.78 is 25.3. The van der Waals surface area contributed by atoms with Crippen molar-refractivity contribution in [3.05, 3.63) is 71.5 Å². The number of rotatable bonds is 8. The Kier molecular flexibility index (Phi) is 8.83. The van der Waals surface area contributed by atoms with Gasteiger partial charge in [0.1, 0.15) is 5.82 Å². The van der Waals surface area contributed by atoms with Crippen LogP contribution < -0.4 is 10.6 Å². The first-order valence-corrected chi connectivity index (χ1v) is 11.9. The van der Waals surface area contributed by atoms with E-state index >= 15 is 0 Å². The molecule has 2 aromatic rings. The monoisotopic (exact) mass is 430 g/mol. The summed E-state index contributed by atoms with van der Waals surface area (Å²) in [6, 6.07) is 17.1. The fourth-order valence-electron chi connectivity index (χ4n) is 3.59. The number of nitrogens with one attached hydrogen (secondary N) is 2. The molecule has 1 aliphatic rings. The van der Waals surface area contributed by atoms with Crippen LogP contribution in [0, 0.1) is 5.82 Å². The molecule has 0 aliphatic carbocycles. The lowest BCUT2D eigenvalue weighted by atomic mass is 10.0. The summed E-state index contributed by atoms with van der Waals surface area (Å²) in [6.45, 7) is 3.47. The number of likely N-dealkylation sites (tertiary alicyclic amines) is 1. The Balaban J connectivity index is 1.34. The number of aliphatic imine (C=N–C) groups is 1. The van der Waals surface area contributed by atoms with Gasteiger partial charge in [-0.3, -0.25) is 14.1 Å². The minimum atomic E-state index is -0.897. The molecule has 0 saturated carbocycles. The molecule has 0 amide bonds. The number of hydrogen-bond donors (Lipinski definition) is 2. The second-order valence-corrected chi connectivity index (χ2v) is 9.17. The maximum atomic E-state index is 13.0. The minimum absolute atomic E-state index is 0.190. The molecule has 2 N–H and O–H groups in total. The number of nitrogens with zero attached hydrogens (tertiary/aromatic N) is 2. The van der Waals surface area contributed by atoms with Crippen molar-refractivity contribution < 1.29 is 8.60 Å². The summed E-state index contributed by atoms with van der Waals surface area (Å²) in [5.74, 6) is 1.75. The standard InChI is InChI=1S/C23H31FN4OS/c1-25-23(26-13-16-30(29)18-20-5-3-2-4-6-20)27-22-11-14-28(15-12-22)17-19-7-9-21(24)10-8-19/h2-10,22H,11-18H2,1H3,(H2,25,26,27). The third-order valence-electron chi connectivity index (χ3n) is 5.26. The van der Waals surface area contributed by atoms with Crippen molar-refractivity contribution >= 4 is 16.8 Å². The van der Waals surface area contributed by atoms with Crippen LogP contribution in [0.2, 0.25) is 0 Å². The Morgan fingerprint density at radius 1 is 1.10 bits per heavy atom. The third kappa shape index (κ3) is 7.54. The molecule has 0 spiro atoms. The lowest BCUT2D eigenvalue weighted by Crippen LogP contribution is -2.49. The van der Waals surface area contributed by atoms with Crippen molar-refractivity contribution in [2.45, 2.75) is 31.2 Å². The van der Waals surface area contributed by atoms with Crippen molar-refractivity contribution in [1.82, 2.24) is 15.5 Å². The summed E-state index contributed by atoms with van der Waals surface area (Å²) in [5.41, 5.74) is 2.24. The van der Waals surface area contributed by atoms with Gasteiger partial charge >= 0.3 is 0 Å². The van der Waals surface area contributed by atoms with Crippen LogP contribution in [0.4, 0.5) is 4.39 Å². The molecule has 0 bridgehead atoms. The first-order chi connectivity index (χ1) is 14.6. The van der Waals surface area contributed by atoms with Gasteiger partial charge in [-0.2, -0.15) is 0 Å². The quantitative estimate of drug-likeness (QED) is 0.500. The molecule has 1 heterocycles. The van der Waals surface area contributed by atoms with Gasteiger partial charge in [-0.15, -0.1) is 0 Å². The summed E-state index contributed by atoms with van der Waals surface area (Å²) in [5, 5.41) is 6.77. The third-order valence-corrected chi connectivity index (χ3v) is 6.58. The lowest BCUT2D eigenvalue weighted by molar-refractivity contribution is 0.198. The molecule has 30 heavy (non-hydrogen) atoms. The first-order valence-electron chi connectivity index (χ1n) is 10.5. The summed E-state index contributed by atoms with van der Waals surface area (Å²) in [6.07, 6.45) is 2.06. The van der Waals surface area contributed by atoms with E-state index in [0.717, 1.165) is 49.6 Å². The number of hydrogen-bond acceptors (Lipinski definition) is 3. The first kappa shape index (κ1) is 22.4. The molecule has 3 rings (SSSR count). The summed E-state index contributed by atoms with van der Waals surface area (Å²) >= 11 is 0. The number of piperidine rings is 1. The number of guanidine groups is 1. The Bertz CT molecular complexity index is 821. The Labute approximate surface area is 181 Å². The van der Waals surface area contributed by atoms with Gasteiger partial charge in [0.05, 0.1) is 0 Å². The highest BCUT2D eigenvalue weighted by Crippen LogP contribution is 2.14. The molecule has 1 atom stereocenters. The van der Waals surface area contributed by atoms with Gasteiger partial charge in [0.15, 0.2) is 5.96 Å². The fraction of sp³-hybridized carbons (Fsp3) is 0.435. The molecule has 0 radical (unpaired) electrons. The van der Waals surface area contributed by atoms with E-state index in [1.807, 2.05) is 42.5 Å². The number of halogens is 1. The Morgan fingerprint density at radius 2 is 1.80 bits per heavy atom. The van der Waals surface area contributed by atoms with E-state index in [1.165, 1.54) is 12.1 Å². The maximum absolute atomic E-state index is 13.0. The average molecular weight is 431 g/mol. The van der Waals surface area contributed by atoms with Gasteiger partial charge in [-0.1, -0.05) is 42.5 Å². The smallest absolute Gasteiger partial charge is 0.191 e. The van der Waals surface area contributed by atoms with Crippen molar-refractivity contribution in [2.75, 3.05) is 32.4 Å². The maximum Gasteiger partial charge on any atom is 0.191 e. The van der Waals surface area contributed by atoms with Crippen molar-refractivity contribution in [3.8, 4) is 0 Å². The van der Waals surface area contributed by atoms with Crippen LogP contribution in [0.3, 0.4) is 0 Å². The van der Waals surface area contributed by atoms with Crippen LogP contribution in [-0.2, 0) is 23.1 Å². The Morgan fingerprint density at radius 3 is 2.47 bits per heavy atom. The van der Waals surface area contributed by atoms with E-state index in [4.69, 9.17) is 0 Å². The summed E-state index contributed by atoms with van der Waals surface area (Å²) in [7, 11) is 0.866. The largest absolute Gasteiger partial charge is 0.355 e. The van der Waals surface area contributed by atoms with Gasteiger partial charge in [0, 0.05) is 61.6 Å². The molecule has 2 aromatic carbocycles. The normalized spacial score (nSPS) is 16.9. The van der Waals surface area contributed by atoms with E-state index in [1.54, 1.807) is 7.05 Å². The average Bonchev–Trinajstić information content (AvgIpc) is 2.76. The van der Waals surface area contributed by atoms with Gasteiger partial charge in [0.25, 0.3) is 0 Å². The van der Waals surface area contributed by atoms with Crippen LogP contribution in [0.1, 0.15) is 24.0 Å².